The van der Waals surface area contributed by atoms with Gasteiger partial charge in [-0.05, 0) is 19.4 Å². The number of hydrogen-bond donors (Lipinski definition) is 1. The van der Waals surface area contributed by atoms with Crippen molar-refractivity contribution in [2.45, 2.75) is 38.5 Å². The van der Waals surface area contributed by atoms with Gasteiger partial charge in [0.05, 0.1) is 6.10 Å². The Morgan fingerprint density at radius 1 is 1.25 bits per heavy atom. The van der Waals surface area contributed by atoms with Gasteiger partial charge < -0.3 is 9.84 Å². The van der Waals surface area contributed by atoms with Crippen molar-refractivity contribution in [1.82, 2.24) is 14.8 Å². The largest absolute Gasteiger partial charge is 0.390 e. The minimum absolute atomic E-state index is 0.220. The van der Waals surface area contributed by atoms with Gasteiger partial charge in [-0.2, -0.15) is 5.10 Å². The molecular weight excluding hydrogens is 254 g/mol. The van der Waals surface area contributed by atoms with Gasteiger partial charge in [-0.25, -0.2) is 9.67 Å². The first-order valence-electron chi connectivity index (χ1n) is 6.77. The zero-order chi connectivity index (χ0) is 14.5. The van der Waals surface area contributed by atoms with Crippen molar-refractivity contribution in [3.8, 4) is 0 Å². The summed E-state index contributed by atoms with van der Waals surface area (Å²) in [5, 5.41) is 14.6. The van der Waals surface area contributed by atoms with Gasteiger partial charge in [-0.1, -0.05) is 30.3 Å². The molecule has 1 N–H and O–H groups in total. The molecule has 2 rings (SSSR count). The van der Waals surface area contributed by atoms with Crippen molar-refractivity contribution in [1.29, 1.82) is 0 Å². The first-order chi connectivity index (χ1) is 9.63. The van der Waals surface area contributed by atoms with Crippen molar-refractivity contribution in [2.75, 3.05) is 7.11 Å². The molecule has 0 saturated heterocycles. The lowest BCUT2D eigenvalue weighted by Crippen LogP contribution is -2.25. The molecule has 0 radical (unpaired) electrons. The monoisotopic (exact) mass is 275 g/mol. The average molecular weight is 275 g/mol. The summed E-state index contributed by atoms with van der Waals surface area (Å²) in [6.45, 7) is 4.07. The first-order valence-corrected chi connectivity index (χ1v) is 6.77. The predicted octanol–water partition coefficient (Wildman–Crippen LogP) is 2.15. The normalized spacial score (nSPS) is 14.4. The van der Waals surface area contributed by atoms with Crippen molar-refractivity contribution in [3.05, 3.63) is 48.0 Å². The van der Waals surface area contributed by atoms with E-state index < -0.39 is 6.10 Å². The van der Waals surface area contributed by atoms with E-state index in [0.717, 1.165) is 11.4 Å². The summed E-state index contributed by atoms with van der Waals surface area (Å²) < 4.78 is 7.26. The van der Waals surface area contributed by atoms with Crippen LogP contribution in [0.4, 0.5) is 0 Å². The Morgan fingerprint density at radius 2 is 1.95 bits per heavy atom. The number of hydrogen-bond acceptors (Lipinski definition) is 4. The molecule has 2 unspecified atom stereocenters. The highest BCUT2D eigenvalue weighted by atomic mass is 16.5. The van der Waals surface area contributed by atoms with Crippen LogP contribution in [0, 0.1) is 0 Å². The molecule has 0 aliphatic rings. The van der Waals surface area contributed by atoms with Crippen LogP contribution in [0.25, 0.3) is 0 Å². The molecule has 2 atom stereocenters. The van der Waals surface area contributed by atoms with Crippen molar-refractivity contribution in [2.24, 2.45) is 0 Å². The molecular formula is C15H21N3O2. The molecule has 0 bridgehead atoms. The lowest BCUT2D eigenvalue weighted by atomic mass is 10.0. The number of benzene rings is 1. The van der Waals surface area contributed by atoms with Gasteiger partial charge in [-0.15, -0.1) is 0 Å². The van der Waals surface area contributed by atoms with E-state index >= 15 is 0 Å². The molecule has 1 heterocycles. The topological polar surface area (TPSA) is 60.2 Å². The Labute approximate surface area is 119 Å². The molecule has 0 spiro atoms. The summed E-state index contributed by atoms with van der Waals surface area (Å²) in [5.41, 5.74) is 0.957. The molecule has 1 aromatic carbocycles. The summed E-state index contributed by atoms with van der Waals surface area (Å²) in [6, 6.07) is 9.93. The zero-order valence-electron chi connectivity index (χ0n) is 12.1. The van der Waals surface area contributed by atoms with Crippen LogP contribution in [-0.2, 0) is 11.2 Å². The van der Waals surface area contributed by atoms with Crippen molar-refractivity contribution in [3.63, 3.8) is 0 Å². The molecule has 5 heteroatoms. The number of ether oxygens (including phenoxy) is 1. The fourth-order valence-electron chi connectivity index (χ4n) is 2.30. The van der Waals surface area contributed by atoms with Gasteiger partial charge in [0.25, 0.3) is 0 Å². The number of rotatable bonds is 6. The van der Waals surface area contributed by atoms with Crippen LogP contribution in [0.3, 0.4) is 0 Å². The Morgan fingerprint density at radius 3 is 2.55 bits per heavy atom. The van der Waals surface area contributed by atoms with E-state index in [4.69, 9.17) is 4.74 Å². The van der Waals surface area contributed by atoms with E-state index in [9.17, 15) is 5.11 Å². The summed E-state index contributed by atoms with van der Waals surface area (Å²) >= 11 is 0. The Balaban J connectivity index is 2.14. The fourth-order valence-corrected chi connectivity index (χ4v) is 2.30. The second kappa shape index (κ2) is 6.63. The molecule has 0 amide bonds. The van der Waals surface area contributed by atoms with Crippen LogP contribution in [-0.4, -0.2) is 33.1 Å². The van der Waals surface area contributed by atoms with Crippen LogP contribution in [0.15, 0.2) is 36.7 Å². The average Bonchev–Trinajstić information content (AvgIpc) is 2.89. The smallest absolute Gasteiger partial charge is 0.138 e. The van der Waals surface area contributed by atoms with Crippen molar-refractivity contribution < 1.29 is 9.84 Å². The third-order valence-electron chi connectivity index (χ3n) is 3.26. The number of aliphatic hydroxyl groups excluding tert-OH is 1. The van der Waals surface area contributed by atoms with E-state index in [-0.39, 0.29) is 12.1 Å². The standard InChI is InChI=1S/C15H21N3O2/c1-11(2)18-14(16-10-17-18)9-13(19)15(20-3)12-7-5-4-6-8-12/h4-8,10-11,13,15,19H,9H2,1-3H3. The summed E-state index contributed by atoms with van der Waals surface area (Å²) in [7, 11) is 1.61. The molecule has 108 valence electrons. The quantitative estimate of drug-likeness (QED) is 0.877. The Kier molecular flexibility index (Phi) is 4.87. The molecule has 0 saturated carbocycles. The predicted molar refractivity (Wildman–Crippen MR) is 76.3 cm³/mol. The fraction of sp³-hybridized carbons (Fsp3) is 0.467. The highest BCUT2D eigenvalue weighted by Crippen LogP contribution is 2.23. The minimum atomic E-state index is -0.663. The third-order valence-corrected chi connectivity index (χ3v) is 3.26. The zero-order valence-corrected chi connectivity index (χ0v) is 12.1. The Hall–Kier alpha value is -1.72. The lowest BCUT2D eigenvalue weighted by molar-refractivity contribution is -0.0143. The molecule has 2 aromatic rings. The molecule has 20 heavy (non-hydrogen) atoms. The van der Waals surface area contributed by atoms with E-state index in [1.165, 1.54) is 6.33 Å². The van der Waals surface area contributed by atoms with E-state index in [2.05, 4.69) is 10.1 Å². The van der Waals surface area contributed by atoms with Gasteiger partial charge in [-0.3, -0.25) is 0 Å². The molecule has 0 fully saturated rings. The van der Waals surface area contributed by atoms with E-state index in [1.807, 2.05) is 48.9 Å². The van der Waals surface area contributed by atoms with Crippen LogP contribution in [0.5, 0.6) is 0 Å². The van der Waals surface area contributed by atoms with Crippen molar-refractivity contribution >= 4 is 0 Å². The number of nitrogens with zero attached hydrogens (tertiary/aromatic N) is 3. The Bertz CT molecular complexity index is 525. The maximum Gasteiger partial charge on any atom is 0.138 e. The van der Waals surface area contributed by atoms with Gasteiger partial charge >= 0.3 is 0 Å². The van der Waals surface area contributed by atoms with Crippen LogP contribution in [0.1, 0.15) is 37.4 Å². The first kappa shape index (κ1) is 14.7. The second-order valence-corrected chi connectivity index (χ2v) is 5.05. The van der Waals surface area contributed by atoms with Gasteiger partial charge in [0.1, 0.15) is 18.3 Å². The molecule has 5 nitrogen and oxygen atoms in total. The highest BCUT2D eigenvalue weighted by molar-refractivity contribution is 5.19. The van der Waals surface area contributed by atoms with E-state index in [1.54, 1.807) is 7.11 Å². The summed E-state index contributed by atoms with van der Waals surface area (Å²) in [4.78, 5) is 4.22. The third kappa shape index (κ3) is 3.23. The summed E-state index contributed by atoms with van der Waals surface area (Å²) in [5.74, 6) is 0.769. The number of aliphatic hydroxyl groups is 1. The van der Waals surface area contributed by atoms with Gasteiger partial charge in [0.15, 0.2) is 0 Å². The highest BCUT2D eigenvalue weighted by Gasteiger charge is 2.23. The number of methoxy groups -OCH3 is 1. The van der Waals surface area contributed by atoms with Crippen LogP contribution in [0.2, 0.25) is 0 Å². The molecule has 0 aliphatic heterocycles. The van der Waals surface area contributed by atoms with E-state index in [0.29, 0.717) is 6.42 Å². The molecule has 1 aromatic heterocycles. The maximum absolute atomic E-state index is 10.4. The van der Waals surface area contributed by atoms with Gasteiger partial charge in [0, 0.05) is 19.6 Å². The lowest BCUT2D eigenvalue weighted by Gasteiger charge is -2.22. The van der Waals surface area contributed by atoms with Gasteiger partial charge in [0.2, 0.25) is 0 Å². The van der Waals surface area contributed by atoms with Crippen LogP contribution < -0.4 is 0 Å². The summed E-state index contributed by atoms with van der Waals surface area (Å²) in [6.07, 6.45) is 0.899. The number of aromatic nitrogens is 3. The van der Waals surface area contributed by atoms with Crippen LogP contribution >= 0.6 is 0 Å². The maximum atomic E-state index is 10.4. The minimum Gasteiger partial charge on any atom is -0.390 e. The molecule has 0 aliphatic carbocycles. The SMILES string of the molecule is COC(c1ccccc1)C(O)Cc1ncnn1C(C)C. The second-order valence-electron chi connectivity index (χ2n) is 5.05.